The van der Waals surface area contributed by atoms with Crippen molar-refractivity contribution in [3.8, 4) is 0 Å². The highest BCUT2D eigenvalue weighted by Gasteiger charge is 2.57. The predicted molar refractivity (Wildman–Crippen MR) is 89.9 cm³/mol. The topological polar surface area (TPSA) is 41.6 Å². The lowest BCUT2D eigenvalue weighted by atomic mass is 9.97. The maximum Gasteiger partial charge on any atom is 0.410 e. The summed E-state index contributed by atoms with van der Waals surface area (Å²) in [7, 11) is 0. The Morgan fingerprint density at radius 3 is 2.27 bits per heavy atom. The number of carbonyl (C=O) groups excluding carboxylic acids is 1. The normalized spacial score (nSPS) is 29.9. The second kappa shape index (κ2) is 6.77. The molecular weight excluding hydrogens is 276 g/mol. The Morgan fingerprint density at radius 1 is 1.23 bits per heavy atom. The molecule has 4 unspecified atom stereocenters. The average molecular weight is 310 g/mol. The smallest absolute Gasteiger partial charge is 0.410 e. The van der Waals surface area contributed by atoms with Gasteiger partial charge in [0.15, 0.2) is 0 Å². The van der Waals surface area contributed by atoms with Crippen LogP contribution >= 0.6 is 0 Å². The fourth-order valence-corrected chi connectivity index (χ4v) is 3.53. The zero-order chi connectivity index (χ0) is 16.5. The molecule has 0 aromatic carbocycles. The molecule has 0 aromatic heterocycles. The maximum absolute atomic E-state index is 12.1. The predicted octanol–water partition coefficient (Wildman–Crippen LogP) is 3.66. The van der Waals surface area contributed by atoms with E-state index in [1.165, 1.54) is 19.3 Å². The third-order valence-corrected chi connectivity index (χ3v) is 5.15. The second-order valence-corrected chi connectivity index (χ2v) is 8.26. The maximum atomic E-state index is 12.1. The van der Waals surface area contributed by atoms with Crippen LogP contribution in [0.1, 0.15) is 60.8 Å². The number of hydrogen-bond donors (Lipinski definition) is 1. The lowest BCUT2D eigenvalue weighted by Gasteiger charge is -2.27. The molecule has 1 saturated carbocycles. The number of amides is 1. The summed E-state index contributed by atoms with van der Waals surface area (Å²) in [6.45, 7) is 14.4. The summed E-state index contributed by atoms with van der Waals surface area (Å²) in [6, 6.07) is 1.24. The summed E-state index contributed by atoms with van der Waals surface area (Å²) in [5, 5.41) is 3.84. The Bertz CT molecular complexity index is 379. The summed E-state index contributed by atoms with van der Waals surface area (Å²) in [5.41, 5.74) is -0.398. The van der Waals surface area contributed by atoms with Crippen LogP contribution in [-0.4, -0.2) is 41.8 Å². The van der Waals surface area contributed by atoms with Gasteiger partial charge in [-0.15, -0.1) is 0 Å². The fraction of sp³-hybridized carbons (Fsp3) is 0.944. The largest absolute Gasteiger partial charge is 0.444 e. The van der Waals surface area contributed by atoms with Gasteiger partial charge in [-0.1, -0.05) is 27.2 Å². The first kappa shape index (κ1) is 17.6. The molecule has 4 nitrogen and oxygen atoms in total. The highest BCUT2D eigenvalue weighted by atomic mass is 16.6. The SMILES string of the molecule is CCC(C)CC(CC)NC1C2CN(C(=O)OC(C)(C)C)CC21. The minimum Gasteiger partial charge on any atom is -0.444 e. The molecule has 1 N–H and O–H groups in total. The van der Waals surface area contributed by atoms with Gasteiger partial charge in [-0.05, 0) is 51.4 Å². The van der Waals surface area contributed by atoms with E-state index < -0.39 is 5.60 Å². The van der Waals surface area contributed by atoms with Crippen molar-refractivity contribution in [2.75, 3.05) is 13.1 Å². The van der Waals surface area contributed by atoms with E-state index in [1.807, 2.05) is 25.7 Å². The number of carbonyl (C=O) groups is 1. The molecule has 22 heavy (non-hydrogen) atoms. The van der Waals surface area contributed by atoms with Crippen molar-refractivity contribution in [3.63, 3.8) is 0 Å². The van der Waals surface area contributed by atoms with Crippen LogP contribution in [0.2, 0.25) is 0 Å². The van der Waals surface area contributed by atoms with Crippen molar-refractivity contribution in [3.05, 3.63) is 0 Å². The standard InChI is InChI=1S/C18H34N2O2/c1-7-12(3)9-13(8-2)19-16-14-10-20(11-15(14)16)17(21)22-18(4,5)6/h12-16,19H,7-11H2,1-6H3. The Balaban J connectivity index is 1.75. The van der Waals surface area contributed by atoms with Gasteiger partial charge in [-0.3, -0.25) is 0 Å². The Kier molecular flexibility index (Phi) is 5.41. The lowest BCUT2D eigenvalue weighted by Crippen LogP contribution is -2.41. The monoisotopic (exact) mass is 310 g/mol. The van der Waals surface area contributed by atoms with E-state index in [4.69, 9.17) is 4.74 Å². The average Bonchev–Trinajstić information content (AvgIpc) is 2.86. The molecule has 1 aliphatic heterocycles. The number of nitrogens with one attached hydrogen (secondary N) is 1. The van der Waals surface area contributed by atoms with E-state index in [1.54, 1.807) is 0 Å². The van der Waals surface area contributed by atoms with Gasteiger partial charge in [0, 0.05) is 25.2 Å². The third-order valence-electron chi connectivity index (χ3n) is 5.15. The van der Waals surface area contributed by atoms with Crippen LogP contribution in [0.25, 0.3) is 0 Å². The van der Waals surface area contributed by atoms with E-state index in [-0.39, 0.29) is 6.09 Å². The molecule has 0 radical (unpaired) electrons. The van der Waals surface area contributed by atoms with Gasteiger partial charge < -0.3 is 15.0 Å². The van der Waals surface area contributed by atoms with Crippen molar-refractivity contribution in [1.82, 2.24) is 10.2 Å². The number of hydrogen-bond acceptors (Lipinski definition) is 3. The number of fused-ring (bicyclic) bond motifs is 1. The van der Waals surface area contributed by atoms with Gasteiger partial charge in [-0.2, -0.15) is 0 Å². The van der Waals surface area contributed by atoms with Crippen molar-refractivity contribution in [2.45, 2.75) is 78.5 Å². The van der Waals surface area contributed by atoms with E-state index in [2.05, 4.69) is 26.1 Å². The van der Waals surface area contributed by atoms with Crippen LogP contribution in [-0.2, 0) is 4.74 Å². The first-order valence-electron chi connectivity index (χ1n) is 8.99. The molecule has 2 fully saturated rings. The van der Waals surface area contributed by atoms with E-state index >= 15 is 0 Å². The molecule has 2 aliphatic rings. The van der Waals surface area contributed by atoms with Crippen LogP contribution < -0.4 is 5.32 Å². The van der Waals surface area contributed by atoms with Crippen LogP contribution in [0.15, 0.2) is 0 Å². The van der Waals surface area contributed by atoms with Gasteiger partial charge in [0.2, 0.25) is 0 Å². The van der Waals surface area contributed by atoms with Gasteiger partial charge in [0.05, 0.1) is 0 Å². The van der Waals surface area contributed by atoms with Gasteiger partial charge in [-0.25, -0.2) is 4.79 Å². The van der Waals surface area contributed by atoms with Gasteiger partial charge in [0.25, 0.3) is 0 Å². The molecule has 2 rings (SSSR count). The zero-order valence-electron chi connectivity index (χ0n) is 15.2. The summed E-state index contributed by atoms with van der Waals surface area (Å²) >= 11 is 0. The summed E-state index contributed by atoms with van der Waals surface area (Å²) in [5.74, 6) is 2.06. The third kappa shape index (κ3) is 4.37. The minimum absolute atomic E-state index is 0.148. The quantitative estimate of drug-likeness (QED) is 0.814. The van der Waals surface area contributed by atoms with Crippen LogP contribution in [0.3, 0.4) is 0 Å². The molecule has 128 valence electrons. The number of ether oxygens (including phenoxy) is 1. The summed E-state index contributed by atoms with van der Waals surface area (Å²) < 4.78 is 5.46. The van der Waals surface area contributed by atoms with Crippen molar-refractivity contribution in [2.24, 2.45) is 17.8 Å². The Labute approximate surface area is 136 Å². The molecule has 4 heteroatoms. The number of likely N-dealkylation sites (tertiary alicyclic amines) is 1. The number of rotatable bonds is 6. The van der Waals surface area contributed by atoms with Crippen LogP contribution in [0, 0.1) is 17.8 Å². The molecule has 1 aliphatic carbocycles. The lowest BCUT2D eigenvalue weighted by molar-refractivity contribution is 0.0268. The first-order valence-corrected chi connectivity index (χ1v) is 8.99. The molecule has 1 saturated heterocycles. The molecule has 1 heterocycles. The summed E-state index contributed by atoms with van der Waals surface area (Å²) in [4.78, 5) is 14.0. The number of piperidine rings is 1. The van der Waals surface area contributed by atoms with Gasteiger partial charge >= 0.3 is 6.09 Å². The van der Waals surface area contributed by atoms with E-state index in [0.717, 1.165) is 19.0 Å². The Hall–Kier alpha value is -0.770. The second-order valence-electron chi connectivity index (χ2n) is 8.26. The minimum atomic E-state index is -0.398. The fourth-order valence-electron chi connectivity index (χ4n) is 3.53. The van der Waals surface area contributed by atoms with Crippen molar-refractivity contribution in [1.29, 1.82) is 0 Å². The summed E-state index contributed by atoms with van der Waals surface area (Å²) in [6.07, 6.45) is 3.56. The number of nitrogens with zero attached hydrogens (tertiary/aromatic N) is 1. The van der Waals surface area contributed by atoms with E-state index in [9.17, 15) is 4.79 Å². The molecule has 0 spiro atoms. The van der Waals surface area contributed by atoms with Crippen molar-refractivity contribution >= 4 is 6.09 Å². The highest BCUT2D eigenvalue weighted by molar-refractivity contribution is 5.69. The van der Waals surface area contributed by atoms with Crippen LogP contribution in [0.4, 0.5) is 4.79 Å². The molecule has 1 amide bonds. The molecular formula is C18H34N2O2. The molecule has 4 atom stereocenters. The first-order chi connectivity index (χ1) is 10.2. The van der Waals surface area contributed by atoms with Crippen LogP contribution in [0.5, 0.6) is 0 Å². The molecule has 0 aromatic rings. The molecule has 0 bridgehead atoms. The van der Waals surface area contributed by atoms with Gasteiger partial charge in [0.1, 0.15) is 5.60 Å². The van der Waals surface area contributed by atoms with E-state index in [0.29, 0.717) is 23.9 Å². The highest BCUT2D eigenvalue weighted by Crippen LogP contribution is 2.46. The Morgan fingerprint density at radius 2 is 1.82 bits per heavy atom. The zero-order valence-corrected chi connectivity index (χ0v) is 15.2. The van der Waals surface area contributed by atoms with Crippen molar-refractivity contribution < 1.29 is 9.53 Å².